The first kappa shape index (κ1) is 82.5. The Bertz CT molecular complexity index is 5080. The van der Waals surface area contributed by atoms with E-state index in [0.717, 1.165) is 71.8 Å². The number of para-hydroxylation sites is 2. The van der Waals surface area contributed by atoms with Gasteiger partial charge in [0.2, 0.25) is 0 Å². The van der Waals surface area contributed by atoms with Crippen molar-refractivity contribution in [1.82, 2.24) is 39.9 Å². The molecule has 0 fully saturated rings. The minimum atomic E-state index is -0.125. The number of nitrogens with zero attached hydrogens (tertiary/aromatic N) is 8. The number of thiophene rings is 1. The third kappa shape index (κ3) is 24.0. The van der Waals surface area contributed by atoms with Gasteiger partial charge in [-0.05, 0) is 153 Å². The van der Waals surface area contributed by atoms with Crippen LogP contribution in [0.3, 0.4) is 0 Å². The Morgan fingerprint density at radius 3 is 1.43 bits per heavy atom. The summed E-state index contributed by atoms with van der Waals surface area (Å²) in [5.41, 5.74) is 9.69. The number of benzene rings is 8. The quantitative estimate of drug-likeness (QED) is 0.0878. The molecule has 2 N–H and O–H groups in total. The molecule has 16 aromatic rings. The van der Waals surface area contributed by atoms with Gasteiger partial charge in [0.05, 0.1) is 17.2 Å². The predicted octanol–water partition coefficient (Wildman–Crippen LogP) is 19.7. The second-order valence-electron chi connectivity index (χ2n) is 21.4. The average Bonchev–Trinajstić information content (AvgIpc) is 1.60. The molecule has 16 rings (SSSR count). The fraction of sp³-hybridized carbons (Fsp3) is 0.0482. The molecule has 0 aliphatic heterocycles. The first-order chi connectivity index (χ1) is 46.9. The Labute approximate surface area is 658 Å². The van der Waals surface area contributed by atoms with Crippen molar-refractivity contribution >= 4 is 87.8 Å². The van der Waals surface area contributed by atoms with E-state index in [9.17, 15) is 9.59 Å². The molecular formula is C83H63Ir5N8O4S-5. The monoisotopic (exact) mass is 2230 g/mol. The minimum Gasteiger partial charge on any atom is -0.512 e. The van der Waals surface area contributed by atoms with Crippen LogP contribution in [0.4, 0.5) is 0 Å². The van der Waals surface area contributed by atoms with Gasteiger partial charge in [-0.2, -0.15) is 23.8 Å². The van der Waals surface area contributed by atoms with Crippen molar-refractivity contribution < 1.29 is 120 Å². The molecule has 0 saturated heterocycles. The number of fused-ring (bicyclic) bond motifs is 6. The molecule has 0 unspecified atom stereocenters. The molecule has 8 aromatic heterocycles. The number of pyridine rings is 6. The number of rotatable bonds is 7. The fourth-order valence-corrected chi connectivity index (χ4v) is 10.7. The average molecular weight is 2230 g/mol. The Morgan fingerprint density at radius 1 is 0.416 bits per heavy atom. The molecule has 18 heteroatoms. The van der Waals surface area contributed by atoms with E-state index >= 15 is 0 Å². The summed E-state index contributed by atoms with van der Waals surface area (Å²) in [5.74, 6) is 0.566. The van der Waals surface area contributed by atoms with Crippen LogP contribution in [0.25, 0.3) is 121 Å². The molecule has 0 amide bonds. The van der Waals surface area contributed by atoms with Crippen molar-refractivity contribution in [1.29, 1.82) is 0 Å². The Balaban J connectivity index is 0.000000215. The molecule has 0 aliphatic rings. The van der Waals surface area contributed by atoms with E-state index in [1.807, 2.05) is 176 Å². The number of aliphatic hydroxyl groups excluding tert-OH is 2. The van der Waals surface area contributed by atoms with E-state index in [0.29, 0.717) is 5.82 Å². The number of carbonyl (C=O) groups is 2. The maximum atomic E-state index is 10.0. The number of hydrogen-bond donors (Lipinski definition) is 2. The molecule has 8 aromatic carbocycles. The molecule has 515 valence electrons. The van der Waals surface area contributed by atoms with E-state index in [1.165, 1.54) is 82.9 Å². The number of ketones is 2. The maximum absolute atomic E-state index is 10.0. The van der Waals surface area contributed by atoms with Gasteiger partial charge in [0, 0.05) is 144 Å². The Hall–Kier alpha value is -9.20. The van der Waals surface area contributed by atoms with Gasteiger partial charge >= 0.3 is 0 Å². The summed E-state index contributed by atoms with van der Waals surface area (Å²) >= 11 is 1.67. The van der Waals surface area contributed by atoms with Crippen molar-refractivity contribution in [3.05, 3.63) is 333 Å². The fourth-order valence-electron chi connectivity index (χ4n) is 10.0. The molecule has 8 heterocycles. The van der Waals surface area contributed by atoms with Crippen LogP contribution in [-0.4, -0.2) is 56.7 Å². The number of aromatic nitrogens is 8. The van der Waals surface area contributed by atoms with Crippen LogP contribution in [0.15, 0.2) is 309 Å². The van der Waals surface area contributed by atoms with Gasteiger partial charge in [-0.3, -0.25) is 19.6 Å². The molecule has 5 radical (unpaired) electrons. The van der Waals surface area contributed by atoms with Crippen LogP contribution in [-0.2, 0) is 110 Å². The van der Waals surface area contributed by atoms with Gasteiger partial charge in [0.25, 0.3) is 0 Å². The van der Waals surface area contributed by atoms with Gasteiger partial charge in [-0.1, -0.05) is 168 Å². The van der Waals surface area contributed by atoms with Gasteiger partial charge in [0.15, 0.2) is 11.6 Å². The summed E-state index contributed by atoms with van der Waals surface area (Å²) in [6.45, 7) is 5.70. The third-order valence-corrected chi connectivity index (χ3v) is 15.0. The summed E-state index contributed by atoms with van der Waals surface area (Å²) < 4.78 is 0. The zero-order valence-corrected chi connectivity index (χ0v) is 67.4. The number of allylic oxidation sites excluding steroid dienone is 4. The van der Waals surface area contributed by atoms with E-state index in [1.54, 1.807) is 29.9 Å². The van der Waals surface area contributed by atoms with Crippen LogP contribution in [0.1, 0.15) is 27.7 Å². The van der Waals surface area contributed by atoms with E-state index in [2.05, 4.69) is 155 Å². The zero-order chi connectivity index (χ0) is 66.9. The standard InChI is InChI=1S/C19H12N.C15H10N.C14H9N2.C13H8NS.C12H8N3.2C5H8O2.5Ir/c1-2-8-16-13-20-19(12-15(16)7-1)18-11-5-9-14-6-3-4-10-17(14)18;1-2-7-13(8-3-1)15-14-9-5-4-6-12(14)10-11-16-15;1-2-4-13-11(3-1)7-10-16-14(13)12-5-8-15-9-6-12;1-2-5-11-10(4-1)7-8-14-13(11)12-6-3-9-15-12;1-2-6-10-9(5-1)14-12(15-10)11-7-3-4-8-13-11;2*1-4(6)3-5(2)7;;;;;/h1-10,12-13H;1-7,9-11H;1-5,7-10H;1-5,7-9H;1-8H;2*3,6H,1-2H3;;;;;/q5*-1;;;;;;;. The largest absolute Gasteiger partial charge is 0.512 e. The molecule has 0 spiro atoms. The van der Waals surface area contributed by atoms with Crippen molar-refractivity contribution in [3.8, 4) is 55.9 Å². The summed E-state index contributed by atoms with van der Waals surface area (Å²) in [5, 5.41) is 30.7. The molecule has 0 saturated carbocycles. The van der Waals surface area contributed by atoms with Crippen molar-refractivity contribution in [2.75, 3.05) is 0 Å². The van der Waals surface area contributed by atoms with Crippen LogP contribution in [0.2, 0.25) is 0 Å². The van der Waals surface area contributed by atoms with E-state index < -0.39 is 0 Å². The molecule has 101 heavy (non-hydrogen) atoms. The summed E-state index contributed by atoms with van der Waals surface area (Å²) in [6, 6.07) is 91.9. The van der Waals surface area contributed by atoms with Crippen LogP contribution in [0.5, 0.6) is 0 Å². The molecule has 0 aliphatic carbocycles. The second kappa shape index (κ2) is 42.8. The number of aliphatic hydroxyl groups is 2. The van der Waals surface area contributed by atoms with E-state index in [4.69, 9.17) is 10.2 Å². The zero-order valence-electron chi connectivity index (χ0n) is 54.7. The molecular weight excluding hydrogens is 2170 g/mol. The third-order valence-electron chi connectivity index (χ3n) is 14.2. The first-order valence-electron chi connectivity index (χ1n) is 30.5. The van der Waals surface area contributed by atoms with Crippen molar-refractivity contribution in [2.45, 2.75) is 27.7 Å². The number of hydrogen-bond acceptors (Lipinski definition) is 12. The molecule has 12 nitrogen and oxygen atoms in total. The Morgan fingerprint density at radius 2 is 0.921 bits per heavy atom. The topological polar surface area (TPSA) is 179 Å². The summed E-state index contributed by atoms with van der Waals surface area (Å²) in [4.78, 5) is 56.0. The second-order valence-corrected chi connectivity index (χ2v) is 22.3. The van der Waals surface area contributed by atoms with Gasteiger partial charge in [-0.15, -0.1) is 76.5 Å². The molecule has 0 bridgehead atoms. The summed E-state index contributed by atoms with van der Waals surface area (Å²) in [7, 11) is 0. The smallest absolute Gasteiger partial charge is 0.155 e. The van der Waals surface area contributed by atoms with Crippen molar-refractivity contribution in [3.63, 3.8) is 0 Å². The van der Waals surface area contributed by atoms with Gasteiger partial charge in [0.1, 0.15) is 0 Å². The van der Waals surface area contributed by atoms with Gasteiger partial charge in [-0.25, -0.2) is 11.3 Å². The van der Waals surface area contributed by atoms with Crippen molar-refractivity contribution in [2.24, 2.45) is 0 Å². The maximum Gasteiger partial charge on any atom is 0.155 e. The normalized spacial score (nSPS) is 10.3. The van der Waals surface area contributed by atoms with Gasteiger partial charge < -0.3 is 40.1 Å². The first-order valence-corrected chi connectivity index (χ1v) is 31.4. The Kier molecular flexibility index (Phi) is 34.9. The SMILES string of the molecule is CC(=O)C=C(C)O.CC(=O)C=C(C)O.[Ir].[Ir].[Ir].[Ir].[Ir].[c-]1ccc2ccccc2c1-c1cc2ccccc2cn1.[c-]1ccccc1-c1nccc2ccccc12.[c-]1ccsc1-c1nccc2ccccc12.[c-]1cnccc1-c1nccc2ccccc12.c1ccc(-c2nc3ccccc3[n-]2)nc1. The number of imidazole rings is 1. The van der Waals surface area contributed by atoms with Crippen LogP contribution >= 0.6 is 11.3 Å². The minimum absolute atomic E-state index is 0. The molecule has 0 atom stereocenters. The van der Waals surface area contributed by atoms with Crippen LogP contribution < -0.4 is 4.98 Å². The predicted molar refractivity (Wildman–Crippen MR) is 390 cm³/mol. The number of carbonyl (C=O) groups excluding carboxylic acids is 2. The summed E-state index contributed by atoms with van der Waals surface area (Å²) in [6.07, 6.45) is 15.0. The van der Waals surface area contributed by atoms with Crippen LogP contribution in [0, 0.1) is 24.3 Å². The van der Waals surface area contributed by atoms with E-state index in [-0.39, 0.29) is 124 Å².